The first-order valence-electron chi connectivity index (χ1n) is 5.82. The van der Waals surface area contributed by atoms with Crippen LogP contribution in [0, 0.1) is 5.82 Å². The molecular formula is C12H13BrFN3O2S2. The number of sulfonamides is 1. The van der Waals surface area contributed by atoms with E-state index in [1.165, 1.54) is 17.4 Å². The summed E-state index contributed by atoms with van der Waals surface area (Å²) in [6.07, 6.45) is 1.58. The zero-order chi connectivity index (χ0) is 15.8. The van der Waals surface area contributed by atoms with Gasteiger partial charge in [-0.15, -0.1) is 11.3 Å². The van der Waals surface area contributed by atoms with E-state index in [4.69, 9.17) is 5.73 Å². The van der Waals surface area contributed by atoms with Crippen LogP contribution in [0.3, 0.4) is 0 Å². The Morgan fingerprint density at radius 2 is 2.10 bits per heavy atom. The Morgan fingerprint density at radius 3 is 2.67 bits per heavy atom. The van der Waals surface area contributed by atoms with Gasteiger partial charge in [0.25, 0.3) is 0 Å². The number of nitrogens with one attached hydrogen (secondary N) is 1. The Bertz CT molecular complexity index is 761. The van der Waals surface area contributed by atoms with E-state index in [0.717, 1.165) is 6.07 Å². The molecule has 0 aliphatic carbocycles. The minimum absolute atomic E-state index is 0.00469. The van der Waals surface area contributed by atoms with Crippen LogP contribution in [0.25, 0.3) is 0 Å². The van der Waals surface area contributed by atoms with Crippen molar-refractivity contribution in [2.45, 2.75) is 24.3 Å². The van der Waals surface area contributed by atoms with Gasteiger partial charge in [0.15, 0.2) is 5.82 Å². The summed E-state index contributed by atoms with van der Waals surface area (Å²) in [6.45, 7) is 3.31. The lowest BCUT2D eigenvalue weighted by molar-refractivity contribution is 0.466. The fourth-order valence-electron chi connectivity index (χ4n) is 1.75. The van der Waals surface area contributed by atoms with Crippen molar-refractivity contribution in [3.63, 3.8) is 0 Å². The minimum atomic E-state index is -4.09. The number of anilines is 1. The molecule has 0 fully saturated rings. The van der Waals surface area contributed by atoms with Gasteiger partial charge in [-0.25, -0.2) is 17.8 Å². The van der Waals surface area contributed by atoms with Crippen molar-refractivity contribution >= 4 is 43.0 Å². The van der Waals surface area contributed by atoms with Crippen molar-refractivity contribution in [3.05, 3.63) is 39.0 Å². The lowest BCUT2D eigenvalue weighted by Gasteiger charge is -2.23. The van der Waals surface area contributed by atoms with Gasteiger partial charge in [-0.2, -0.15) is 4.72 Å². The predicted molar refractivity (Wildman–Crippen MR) is 84.0 cm³/mol. The molecule has 0 radical (unpaired) electrons. The average molecular weight is 394 g/mol. The van der Waals surface area contributed by atoms with Crippen LogP contribution in [0.4, 0.5) is 10.1 Å². The van der Waals surface area contributed by atoms with Gasteiger partial charge in [-0.3, -0.25) is 0 Å². The van der Waals surface area contributed by atoms with Crippen molar-refractivity contribution in [3.8, 4) is 0 Å². The van der Waals surface area contributed by atoms with E-state index >= 15 is 0 Å². The van der Waals surface area contributed by atoms with E-state index < -0.39 is 26.3 Å². The van der Waals surface area contributed by atoms with Crippen LogP contribution in [0.2, 0.25) is 0 Å². The number of hydrogen-bond donors (Lipinski definition) is 2. The number of aromatic nitrogens is 1. The fourth-order valence-corrected chi connectivity index (χ4v) is 4.65. The molecule has 0 unspecified atom stereocenters. The molecule has 0 atom stereocenters. The molecule has 1 aromatic carbocycles. The van der Waals surface area contributed by atoms with Crippen LogP contribution in [-0.4, -0.2) is 13.4 Å². The minimum Gasteiger partial charge on any atom is -0.399 e. The van der Waals surface area contributed by atoms with Crippen molar-refractivity contribution in [1.82, 2.24) is 9.71 Å². The summed E-state index contributed by atoms with van der Waals surface area (Å²) in [4.78, 5) is 3.59. The molecule has 0 amide bonds. The third kappa shape index (κ3) is 3.42. The monoisotopic (exact) mass is 393 g/mol. The van der Waals surface area contributed by atoms with Crippen molar-refractivity contribution in [1.29, 1.82) is 0 Å². The van der Waals surface area contributed by atoms with E-state index in [-0.39, 0.29) is 10.2 Å². The smallest absolute Gasteiger partial charge is 0.244 e. The summed E-state index contributed by atoms with van der Waals surface area (Å²) in [5.41, 5.74) is 4.77. The second kappa shape index (κ2) is 5.64. The van der Waals surface area contributed by atoms with E-state index in [2.05, 4.69) is 25.6 Å². The molecular weight excluding hydrogens is 381 g/mol. The highest BCUT2D eigenvalue weighted by Crippen LogP contribution is 2.29. The van der Waals surface area contributed by atoms with Crippen molar-refractivity contribution in [2.75, 3.05) is 5.73 Å². The Labute approximate surface area is 134 Å². The molecule has 3 N–H and O–H groups in total. The largest absolute Gasteiger partial charge is 0.399 e. The Hall–Kier alpha value is -1.03. The maximum atomic E-state index is 14.1. The second-order valence-electron chi connectivity index (χ2n) is 4.88. The molecule has 1 aromatic heterocycles. The highest BCUT2D eigenvalue weighted by Gasteiger charge is 2.32. The normalized spacial score (nSPS) is 12.6. The van der Waals surface area contributed by atoms with Crippen LogP contribution in [0.15, 0.2) is 33.1 Å². The average Bonchev–Trinajstić information content (AvgIpc) is 2.86. The highest BCUT2D eigenvalue weighted by molar-refractivity contribution is 9.10. The summed E-state index contributed by atoms with van der Waals surface area (Å²) in [6, 6.07) is 2.39. The lowest BCUT2D eigenvalue weighted by atomic mass is 10.1. The molecule has 2 rings (SSSR count). The summed E-state index contributed by atoms with van der Waals surface area (Å²) >= 11 is 4.26. The number of nitrogen functional groups attached to an aromatic ring is 1. The van der Waals surface area contributed by atoms with Gasteiger partial charge in [-0.1, -0.05) is 0 Å². The number of nitrogens with zero attached hydrogens (tertiary/aromatic N) is 1. The fraction of sp³-hybridized carbons (Fsp3) is 0.250. The number of rotatable bonds is 4. The van der Waals surface area contributed by atoms with Crippen molar-refractivity contribution < 1.29 is 12.8 Å². The van der Waals surface area contributed by atoms with Gasteiger partial charge >= 0.3 is 0 Å². The summed E-state index contributed by atoms with van der Waals surface area (Å²) < 4.78 is 41.3. The Balaban J connectivity index is 2.44. The molecule has 0 saturated heterocycles. The van der Waals surface area contributed by atoms with Crippen LogP contribution in [0.1, 0.15) is 18.9 Å². The van der Waals surface area contributed by atoms with Crippen LogP contribution in [-0.2, 0) is 15.6 Å². The quantitative estimate of drug-likeness (QED) is 0.781. The Morgan fingerprint density at radius 1 is 1.43 bits per heavy atom. The van der Waals surface area contributed by atoms with E-state index in [1.54, 1.807) is 25.4 Å². The molecule has 0 bridgehead atoms. The zero-order valence-corrected chi connectivity index (χ0v) is 14.4. The van der Waals surface area contributed by atoms with Gasteiger partial charge in [0.05, 0.1) is 10.0 Å². The van der Waals surface area contributed by atoms with Gasteiger partial charge in [0.1, 0.15) is 9.90 Å². The third-order valence-electron chi connectivity index (χ3n) is 2.66. The molecule has 2 aromatic rings. The number of hydrogen-bond acceptors (Lipinski definition) is 5. The van der Waals surface area contributed by atoms with E-state index in [9.17, 15) is 12.8 Å². The van der Waals surface area contributed by atoms with Crippen molar-refractivity contribution in [2.24, 2.45) is 0 Å². The highest BCUT2D eigenvalue weighted by atomic mass is 79.9. The van der Waals surface area contributed by atoms with Crippen LogP contribution < -0.4 is 10.5 Å². The number of halogens is 2. The molecule has 1 heterocycles. The van der Waals surface area contributed by atoms with E-state index in [1.807, 2.05) is 0 Å². The van der Waals surface area contributed by atoms with E-state index in [0.29, 0.717) is 5.01 Å². The maximum Gasteiger partial charge on any atom is 0.244 e. The number of thiazole rings is 1. The summed E-state index contributed by atoms with van der Waals surface area (Å²) in [5.74, 6) is -0.883. The van der Waals surface area contributed by atoms with Crippen LogP contribution >= 0.6 is 27.3 Å². The molecule has 9 heteroatoms. The second-order valence-corrected chi connectivity index (χ2v) is 8.28. The first kappa shape index (κ1) is 16.3. The third-order valence-corrected chi connectivity index (χ3v) is 5.99. The topological polar surface area (TPSA) is 85.1 Å². The molecule has 114 valence electrons. The summed E-state index contributed by atoms with van der Waals surface area (Å²) in [5, 5.41) is 2.32. The van der Waals surface area contributed by atoms with Gasteiger partial charge in [0, 0.05) is 17.3 Å². The number of benzene rings is 1. The molecule has 0 saturated carbocycles. The standard InChI is InChI=1S/C12H13BrFN3O2S2/c1-12(2,11-16-3-4-20-11)17-21(18,19)9-6-7(15)5-8(13)10(9)14/h3-6,17H,15H2,1-2H3. The molecule has 0 aliphatic rings. The molecule has 0 spiro atoms. The maximum absolute atomic E-state index is 14.1. The van der Waals surface area contributed by atoms with Gasteiger partial charge in [-0.05, 0) is 41.9 Å². The SMILES string of the molecule is CC(C)(NS(=O)(=O)c1cc(N)cc(Br)c1F)c1nccs1. The Kier molecular flexibility index (Phi) is 4.39. The first-order valence-corrected chi connectivity index (χ1v) is 8.97. The lowest BCUT2D eigenvalue weighted by Crippen LogP contribution is -2.41. The predicted octanol–water partition coefficient (Wildman–Crippen LogP) is 2.84. The van der Waals surface area contributed by atoms with Gasteiger partial charge < -0.3 is 5.73 Å². The molecule has 5 nitrogen and oxygen atoms in total. The molecule has 21 heavy (non-hydrogen) atoms. The number of nitrogens with two attached hydrogens (primary N) is 1. The zero-order valence-electron chi connectivity index (χ0n) is 11.2. The first-order chi connectivity index (χ1) is 9.63. The van der Waals surface area contributed by atoms with Gasteiger partial charge in [0.2, 0.25) is 10.0 Å². The molecule has 0 aliphatic heterocycles. The van der Waals surface area contributed by atoms with Crippen LogP contribution in [0.5, 0.6) is 0 Å². The summed E-state index contributed by atoms with van der Waals surface area (Å²) in [7, 11) is -4.09.